The van der Waals surface area contributed by atoms with Crippen molar-refractivity contribution in [3.05, 3.63) is 35.4 Å². The van der Waals surface area contributed by atoms with Gasteiger partial charge in [-0.1, -0.05) is 29.8 Å². The minimum Gasteiger partial charge on any atom is -0.346 e. The molecule has 2 fully saturated rings. The highest BCUT2D eigenvalue weighted by Crippen LogP contribution is 2.41. The molecule has 0 aliphatic carbocycles. The number of nitrogens with zero attached hydrogens (tertiary/aromatic N) is 3. The predicted octanol–water partition coefficient (Wildman–Crippen LogP) is 2.68. The molecule has 0 atom stereocenters. The van der Waals surface area contributed by atoms with Gasteiger partial charge in [-0.05, 0) is 50.6 Å². The molecular formula is C22H33N3O2. The summed E-state index contributed by atoms with van der Waals surface area (Å²) in [5.41, 5.74) is 2.75. The number of carbonyl (C=O) groups is 2. The maximum absolute atomic E-state index is 12.7. The zero-order valence-corrected chi connectivity index (χ0v) is 17.0. The molecule has 2 heterocycles. The molecule has 0 aromatic heterocycles. The standard InChI is InChI=1S/C22H33N3O2/c1-18-4-6-19(7-5-18)16-23(2)17-21(27)25-14-11-22(12-15-25)9-8-20(26)24(3)13-10-22/h4-7H,8-17H2,1-3H3. The molecule has 2 saturated heterocycles. The SMILES string of the molecule is Cc1ccc(CN(C)CC(=O)N2CCC3(CCC(=O)N(C)CC3)CC2)cc1. The van der Waals surface area contributed by atoms with Gasteiger partial charge >= 0.3 is 0 Å². The van der Waals surface area contributed by atoms with Crippen LogP contribution in [0.5, 0.6) is 0 Å². The summed E-state index contributed by atoms with van der Waals surface area (Å²) in [6, 6.07) is 8.49. The summed E-state index contributed by atoms with van der Waals surface area (Å²) in [6.45, 7) is 5.85. The summed E-state index contributed by atoms with van der Waals surface area (Å²) < 4.78 is 0. The Hall–Kier alpha value is -1.88. The number of piperidine rings is 1. The molecule has 27 heavy (non-hydrogen) atoms. The van der Waals surface area contributed by atoms with Crippen LogP contribution in [0.3, 0.4) is 0 Å². The summed E-state index contributed by atoms with van der Waals surface area (Å²) in [5, 5.41) is 0. The number of aryl methyl sites for hydroxylation is 1. The predicted molar refractivity (Wildman–Crippen MR) is 107 cm³/mol. The van der Waals surface area contributed by atoms with Gasteiger partial charge in [0.1, 0.15) is 0 Å². The summed E-state index contributed by atoms with van der Waals surface area (Å²) in [6.07, 6.45) is 4.77. The molecule has 3 rings (SSSR count). The van der Waals surface area contributed by atoms with E-state index in [9.17, 15) is 9.59 Å². The Balaban J connectivity index is 1.48. The molecule has 5 heteroatoms. The maximum Gasteiger partial charge on any atom is 0.236 e. The minimum atomic E-state index is 0.223. The number of hydrogen-bond donors (Lipinski definition) is 0. The number of likely N-dealkylation sites (tertiary alicyclic amines) is 2. The van der Waals surface area contributed by atoms with Crippen molar-refractivity contribution < 1.29 is 9.59 Å². The molecule has 1 aromatic rings. The minimum absolute atomic E-state index is 0.223. The van der Waals surface area contributed by atoms with Gasteiger partial charge in [0.15, 0.2) is 0 Å². The van der Waals surface area contributed by atoms with Crippen molar-refractivity contribution in [2.24, 2.45) is 5.41 Å². The van der Waals surface area contributed by atoms with Gasteiger partial charge in [0.25, 0.3) is 0 Å². The van der Waals surface area contributed by atoms with Crippen molar-refractivity contribution in [2.75, 3.05) is 40.3 Å². The first kappa shape index (κ1) is 19.9. The summed E-state index contributed by atoms with van der Waals surface area (Å²) in [4.78, 5) is 30.7. The largest absolute Gasteiger partial charge is 0.346 e. The Labute approximate surface area is 163 Å². The Morgan fingerprint density at radius 3 is 2.37 bits per heavy atom. The van der Waals surface area contributed by atoms with Crippen LogP contribution in [-0.2, 0) is 16.1 Å². The highest BCUT2D eigenvalue weighted by Gasteiger charge is 2.38. The van der Waals surface area contributed by atoms with Gasteiger partial charge in [0, 0.05) is 39.6 Å². The van der Waals surface area contributed by atoms with Gasteiger partial charge in [0.2, 0.25) is 11.8 Å². The van der Waals surface area contributed by atoms with Gasteiger partial charge in [-0.2, -0.15) is 0 Å². The lowest BCUT2D eigenvalue weighted by atomic mass is 9.73. The van der Waals surface area contributed by atoms with Crippen LogP contribution in [0.15, 0.2) is 24.3 Å². The van der Waals surface area contributed by atoms with Crippen molar-refractivity contribution in [1.29, 1.82) is 0 Å². The van der Waals surface area contributed by atoms with Crippen LogP contribution in [0, 0.1) is 12.3 Å². The lowest BCUT2D eigenvalue weighted by Crippen LogP contribution is -2.46. The number of likely N-dealkylation sites (N-methyl/N-ethyl adjacent to an activating group) is 1. The van der Waals surface area contributed by atoms with Crippen LogP contribution in [-0.4, -0.2) is 66.8 Å². The van der Waals surface area contributed by atoms with Crippen LogP contribution < -0.4 is 0 Å². The molecule has 2 aliphatic rings. The molecule has 0 N–H and O–H groups in total. The van der Waals surface area contributed by atoms with Gasteiger partial charge < -0.3 is 9.80 Å². The van der Waals surface area contributed by atoms with E-state index in [0.29, 0.717) is 13.0 Å². The zero-order valence-electron chi connectivity index (χ0n) is 17.0. The summed E-state index contributed by atoms with van der Waals surface area (Å²) >= 11 is 0. The number of carbonyl (C=O) groups excluding carboxylic acids is 2. The maximum atomic E-state index is 12.7. The van der Waals surface area contributed by atoms with Crippen molar-refractivity contribution in [1.82, 2.24) is 14.7 Å². The van der Waals surface area contributed by atoms with Crippen LogP contribution in [0.1, 0.15) is 43.2 Å². The molecule has 148 valence electrons. The molecule has 2 amide bonds. The normalized spacial score (nSPS) is 20.2. The molecule has 1 spiro atoms. The molecule has 0 radical (unpaired) electrons. The van der Waals surface area contributed by atoms with Gasteiger partial charge in [-0.25, -0.2) is 0 Å². The fourth-order valence-corrected chi connectivity index (χ4v) is 4.34. The van der Waals surface area contributed by atoms with Crippen LogP contribution in [0.4, 0.5) is 0 Å². The van der Waals surface area contributed by atoms with Crippen LogP contribution in [0.25, 0.3) is 0 Å². The molecule has 0 bridgehead atoms. The number of hydrogen-bond acceptors (Lipinski definition) is 3. The van der Waals surface area contributed by atoms with E-state index in [1.165, 1.54) is 11.1 Å². The summed E-state index contributed by atoms with van der Waals surface area (Å²) in [7, 11) is 3.92. The van der Waals surface area contributed by atoms with Crippen molar-refractivity contribution in [2.45, 2.75) is 45.6 Å². The number of rotatable bonds is 4. The monoisotopic (exact) mass is 371 g/mol. The first-order chi connectivity index (χ1) is 12.9. The lowest BCUT2D eigenvalue weighted by molar-refractivity contribution is -0.135. The Kier molecular flexibility index (Phi) is 6.20. The average Bonchev–Trinajstić information content (AvgIpc) is 2.78. The van der Waals surface area contributed by atoms with Crippen LogP contribution >= 0.6 is 0 Å². The van der Waals surface area contributed by atoms with E-state index in [4.69, 9.17) is 0 Å². The van der Waals surface area contributed by atoms with Crippen molar-refractivity contribution in [3.63, 3.8) is 0 Å². The Morgan fingerprint density at radius 1 is 1.07 bits per heavy atom. The first-order valence-corrected chi connectivity index (χ1v) is 10.1. The van der Waals surface area contributed by atoms with Crippen LogP contribution in [0.2, 0.25) is 0 Å². The van der Waals surface area contributed by atoms with E-state index in [2.05, 4.69) is 36.1 Å². The third-order valence-corrected chi connectivity index (χ3v) is 6.43. The second-order valence-corrected chi connectivity index (χ2v) is 8.60. The summed E-state index contributed by atoms with van der Waals surface area (Å²) in [5.74, 6) is 0.490. The zero-order chi connectivity index (χ0) is 19.4. The smallest absolute Gasteiger partial charge is 0.236 e. The van der Waals surface area contributed by atoms with E-state index >= 15 is 0 Å². The van der Waals surface area contributed by atoms with E-state index in [-0.39, 0.29) is 17.2 Å². The molecule has 1 aromatic carbocycles. The molecule has 2 aliphatic heterocycles. The lowest BCUT2D eigenvalue weighted by Gasteiger charge is -2.41. The Bertz CT molecular complexity index is 663. The van der Waals surface area contributed by atoms with E-state index in [1.807, 2.05) is 23.9 Å². The third-order valence-electron chi connectivity index (χ3n) is 6.43. The van der Waals surface area contributed by atoms with E-state index in [1.54, 1.807) is 0 Å². The second-order valence-electron chi connectivity index (χ2n) is 8.60. The van der Waals surface area contributed by atoms with Gasteiger partial charge in [-0.3, -0.25) is 14.5 Å². The molecule has 0 unspecified atom stereocenters. The van der Waals surface area contributed by atoms with Gasteiger partial charge in [-0.15, -0.1) is 0 Å². The number of benzene rings is 1. The topological polar surface area (TPSA) is 43.9 Å². The van der Waals surface area contributed by atoms with E-state index < -0.39 is 0 Å². The average molecular weight is 372 g/mol. The Morgan fingerprint density at radius 2 is 1.70 bits per heavy atom. The molecular weight excluding hydrogens is 338 g/mol. The quantitative estimate of drug-likeness (QED) is 0.817. The molecule has 5 nitrogen and oxygen atoms in total. The fraction of sp³-hybridized carbons (Fsp3) is 0.636. The van der Waals surface area contributed by atoms with Crippen molar-refractivity contribution >= 4 is 11.8 Å². The highest BCUT2D eigenvalue weighted by atomic mass is 16.2. The van der Waals surface area contributed by atoms with E-state index in [0.717, 1.165) is 51.9 Å². The fourth-order valence-electron chi connectivity index (χ4n) is 4.34. The van der Waals surface area contributed by atoms with Crippen molar-refractivity contribution in [3.8, 4) is 0 Å². The highest BCUT2D eigenvalue weighted by molar-refractivity contribution is 5.78. The first-order valence-electron chi connectivity index (χ1n) is 10.1. The van der Waals surface area contributed by atoms with Gasteiger partial charge in [0.05, 0.1) is 6.54 Å². The second kappa shape index (κ2) is 8.42. The molecule has 0 saturated carbocycles. The number of amides is 2. The third kappa shape index (κ3) is 5.10.